The van der Waals surface area contributed by atoms with Crippen molar-refractivity contribution in [3.63, 3.8) is 0 Å². The van der Waals surface area contributed by atoms with Gasteiger partial charge in [-0.15, -0.1) is 0 Å². The van der Waals surface area contributed by atoms with Crippen LogP contribution in [0.5, 0.6) is 0 Å². The third-order valence-corrected chi connectivity index (χ3v) is 3.22. The standard InChI is InChI=1S/C8H14/c1-6-5-8(6,2)7-3-4-7/h6-7H,3-5H2,1-2H3. The highest BCUT2D eigenvalue weighted by molar-refractivity contribution is 5.05. The van der Waals surface area contributed by atoms with Crippen molar-refractivity contribution in [2.75, 3.05) is 0 Å². The molecular formula is C8H14. The summed E-state index contributed by atoms with van der Waals surface area (Å²) in [7, 11) is 0. The van der Waals surface area contributed by atoms with Gasteiger partial charge in [0.2, 0.25) is 0 Å². The summed E-state index contributed by atoms with van der Waals surface area (Å²) < 4.78 is 0. The molecule has 0 N–H and O–H groups in total. The van der Waals surface area contributed by atoms with Gasteiger partial charge in [0.25, 0.3) is 0 Å². The van der Waals surface area contributed by atoms with E-state index in [1.807, 2.05) is 0 Å². The Morgan fingerprint density at radius 2 is 1.88 bits per heavy atom. The Bertz CT molecular complexity index is 113. The molecule has 0 aliphatic heterocycles. The van der Waals surface area contributed by atoms with Gasteiger partial charge in [0, 0.05) is 0 Å². The Morgan fingerprint density at radius 3 is 2.00 bits per heavy atom. The normalized spacial score (nSPS) is 54.0. The van der Waals surface area contributed by atoms with Gasteiger partial charge in [-0.05, 0) is 36.5 Å². The van der Waals surface area contributed by atoms with Crippen LogP contribution in [-0.2, 0) is 0 Å². The molecule has 2 aliphatic rings. The summed E-state index contributed by atoms with van der Waals surface area (Å²) in [5.74, 6) is 2.19. The molecule has 0 aromatic rings. The summed E-state index contributed by atoms with van der Waals surface area (Å²) in [5, 5.41) is 0. The largest absolute Gasteiger partial charge is 0.0620 e. The predicted octanol–water partition coefficient (Wildman–Crippen LogP) is 2.44. The van der Waals surface area contributed by atoms with Crippen molar-refractivity contribution in [2.24, 2.45) is 17.3 Å². The third kappa shape index (κ3) is 0.463. The lowest BCUT2D eigenvalue weighted by Gasteiger charge is -2.04. The van der Waals surface area contributed by atoms with Gasteiger partial charge < -0.3 is 0 Å². The molecule has 0 amide bonds. The summed E-state index contributed by atoms with van der Waals surface area (Å²) in [6, 6.07) is 0. The van der Waals surface area contributed by atoms with Crippen LogP contribution in [0.1, 0.15) is 33.1 Å². The van der Waals surface area contributed by atoms with Crippen LogP contribution >= 0.6 is 0 Å². The van der Waals surface area contributed by atoms with Gasteiger partial charge in [-0.3, -0.25) is 0 Å². The molecule has 2 fully saturated rings. The van der Waals surface area contributed by atoms with Gasteiger partial charge in [-0.1, -0.05) is 13.8 Å². The van der Waals surface area contributed by atoms with Crippen LogP contribution in [0, 0.1) is 17.3 Å². The summed E-state index contributed by atoms with van der Waals surface area (Å²) in [4.78, 5) is 0. The average Bonchev–Trinajstić information content (AvgIpc) is 2.44. The van der Waals surface area contributed by atoms with Crippen molar-refractivity contribution in [3.05, 3.63) is 0 Å². The first-order valence-corrected chi connectivity index (χ1v) is 3.73. The molecule has 2 unspecified atom stereocenters. The average molecular weight is 110 g/mol. The predicted molar refractivity (Wildman–Crippen MR) is 34.6 cm³/mol. The Hall–Kier alpha value is 0. The van der Waals surface area contributed by atoms with E-state index in [1.54, 1.807) is 0 Å². The van der Waals surface area contributed by atoms with Crippen molar-refractivity contribution >= 4 is 0 Å². The van der Waals surface area contributed by atoms with Crippen LogP contribution in [0.15, 0.2) is 0 Å². The van der Waals surface area contributed by atoms with E-state index in [0.29, 0.717) is 0 Å². The van der Waals surface area contributed by atoms with E-state index in [2.05, 4.69) is 13.8 Å². The smallest absolute Gasteiger partial charge is 0.0269 e. The topological polar surface area (TPSA) is 0 Å². The minimum absolute atomic E-state index is 0.819. The molecule has 2 atom stereocenters. The first-order chi connectivity index (χ1) is 3.73. The maximum Gasteiger partial charge on any atom is -0.0269 e. The van der Waals surface area contributed by atoms with Crippen LogP contribution in [0.25, 0.3) is 0 Å². The Kier molecular flexibility index (Phi) is 0.678. The third-order valence-electron chi connectivity index (χ3n) is 3.22. The van der Waals surface area contributed by atoms with Gasteiger partial charge in [0.1, 0.15) is 0 Å². The molecule has 8 heavy (non-hydrogen) atoms. The molecule has 2 saturated carbocycles. The molecule has 0 heteroatoms. The number of hydrogen-bond donors (Lipinski definition) is 0. The van der Waals surface area contributed by atoms with Crippen molar-refractivity contribution in [2.45, 2.75) is 33.1 Å². The lowest BCUT2D eigenvalue weighted by atomic mass is 10.0. The van der Waals surface area contributed by atoms with Crippen molar-refractivity contribution < 1.29 is 0 Å². The zero-order valence-electron chi connectivity index (χ0n) is 5.78. The van der Waals surface area contributed by atoms with E-state index >= 15 is 0 Å². The summed E-state index contributed by atoms with van der Waals surface area (Å²) in [5.41, 5.74) is 0.819. The highest BCUT2D eigenvalue weighted by atomic mass is 14.6. The molecule has 2 aliphatic carbocycles. The van der Waals surface area contributed by atoms with Gasteiger partial charge in [0.05, 0.1) is 0 Å². The molecule has 0 aromatic carbocycles. The maximum atomic E-state index is 2.45. The van der Waals surface area contributed by atoms with Crippen LogP contribution < -0.4 is 0 Å². The van der Waals surface area contributed by atoms with Crippen LogP contribution in [-0.4, -0.2) is 0 Å². The fourth-order valence-corrected chi connectivity index (χ4v) is 1.91. The number of rotatable bonds is 1. The van der Waals surface area contributed by atoms with E-state index in [0.717, 1.165) is 17.3 Å². The minimum Gasteiger partial charge on any atom is -0.0620 e. The first kappa shape index (κ1) is 4.84. The molecule has 0 nitrogen and oxygen atoms in total. The van der Waals surface area contributed by atoms with Crippen molar-refractivity contribution in [1.82, 2.24) is 0 Å². The van der Waals surface area contributed by atoms with Gasteiger partial charge >= 0.3 is 0 Å². The maximum absolute atomic E-state index is 2.45. The Morgan fingerprint density at radius 1 is 1.38 bits per heavy atom. The SMILES string of the molecule is CC1CC1(C)C1CC1. The molecule has 0 saturated heterocycles. The van der Waals surface area contributed by atoms with E-state index in [1.165, 1.54) is 19.3 Å². The van der Waals surface area contributed by atoms with E-state index in [9.17, 15) is 0 Å². The zero-order valence-corrected chi connectivity index (χ0v) is 5.78. The summed E-state index contributed by atoms with van der Waals surface area (Å²) in [6.45, 7) is 4.84. The molecule has 46 valence electrons. The second kappa shape index (κ2) is 1.12. The molecular weight excluding hydrogens is 96.1 g/mol. The van der Waals surface area contributed by atoms with Gasteiger partial charge in [-0.25, -0.2) is 0 Å². The minimum atomic E-state index is 0.819. The van der Waals surface area contributed by atoms with Crippen molar-refractivity contribution in [1.29, 1.82) is 0 Å². The molecule has 2 rings (SSSR count). The zero-order chi connectivity index (χ0) is 5.78. The van der Waals surface area contributed by atoms with E-state index in [4.69, 9.17) is 0 Å². The second-order valence-electron chi connectivity index (χ2n) is 3.89. The van der Waals surface area contributed by atoms with Gasteiger partial charge in [0.15, 0.2) is 0 Å². The quantitative estimate of drug-likeness (QED) is 0.486. The Balaban J connectivity index is 2.04. The summed E-state index contributed by atoms with van der Waals surface area (Å²) in [6.07, 6.45) is 4.57. The van der Waals surface area contributed by atoms with E-state index in [-0.39, 0.29) is 0 Å². The van der Waals surface area contributed by atoms with Crippen molar-refractivity contribution in [3.8, 4) is 0 Å². The molecule has 0 spiro atoms. The fourth-order valence-electron chi connectivity index (χ4n) is 1.91. The highest BCUT2D eigenvalue weighted by Gasteiger charge is 2.55. The lowest BCUT2D eigenvalue weighted by molar-refractivity contribution is 0.449. The number of hydrogen-bond acceptors (Lipinski definition) is 0. The monoisotopic (exact) mass is 110 g/mol. The first-order valence-electron chi connectivity index (χ1n) is 3.73. The van der Waals surface area contributed by atoms with Crippen LogP contribution in [0.4, 0.5) is 0 Å². The highest BCUT2D eigenvalue weighted by Crippen LogP contribution is 2.64. The van der Waals surface area contributed by atoms with Gasteiger partial charge in [-0.2, -0.15) is 0 Å². The second-order valence-corrected chi connectivity index (χ2v) is 3.89. The van der Waals surface area contributed by atoms with Crippen LogP contribution in [0.2, 0.25) is 0 Å². The molecule has 0 heterocycles. The molecule has 0 radical (unpaired) electrons. The fraction of sp³-hybridized carbons (Fsp3) is 1.00. The summed E-state index contributed by atoms with van der Waals surface area (Å²) >= 11 is 0. The van der Waals surface area contributed by atoms with Crippen LogP contribution in [0.3, 0.4) is 0 Å². The molecule has 0 bridgehead atoms. The van der Waals surface area contributed by atoms with E-state index < -0.39 is 0 Å². The Labute approximate surface area is 51.3 Å². The lowest BCUT2D eigenvalue weighted by Crippen LogP contribution is -1.97. The molecule has 0 aromatic heterocycles.